The number of hydrogen-bond acceptors (Lipinski definition) is 5. The quantitative estimate of drug-likeness (QED) is 0.867. The second-order valence-corrected chi connectivity index (χ2v) is 5.76. The number of benzene rings is 1. The van der Waals surface area contributed by atoms with Gasteiger partial charge in [-0.15, -0.1) is 11.3 Å². The van der Waals surface area contributed by atoms with Gasteiger partial charge in [0.05, 0.1) is 11.6 Å². The maximum absolute atomic E-state index is 8.80. The normalized spacial score (nSPS) is 16.1. The van der Waals surface area contributed by atoms with Crippen molar-refractivity contribution in [3.63, 3.8) is 0 Å². The van der Waals surface area contributed by atoms with E-state index in [1.165, 1.54) is 5.56 Å². The van der Waals surface area contributed by atoms with E-state index in [4.69, 9.17) is 5.26 Å². The Bertz CT molecular complexity index is 577. The van der Waals surface area contributed by atoms with Crippen LogP contribution in [-0.2, 0) is 6.54 Å². The van der Waals surface area contributed by atoms with Gasteiger partial charge in [0, 0.05) is 44.3 Å². The number of hydrogen-bond donors (Lipinski definition) is 0. The number of piperazine rings is 1. The van der Waals surface area contributed by atoms with E-state index in [2.05, 4.69) is 20.9 Å². The minimum absolute atomic E-state index is 0.724. The van der Waals surface area contributed by atoms with Crippen molar-refractivity contribution in [2.75, 3.05) is 31.1 Å². The minimum atomic E-state index is 0.724. The van der Waals surface area contributed by atoms with Gasteiger partial charge in [-0.3, -0.25) is 4.90 Å². The van der Waals surface area contributed by atoms with E-state index in [1.54, 1.807) is 11.3 Å². The van der Waals surface area contributed by atoms with Crippen molar-refractivity contribution >= 4 is 16.5 Å². The van der Waals surface area contributed by atoms with Crippen molar-refractivity contribution < 1.29 is 0 Å². The smallest absolute Gasteiger partial charge is 0.185 e. The zero-order chi connectivity index (χ0) is 13.8. The largest absolute Gasteiger partial charge is 0.346 e. The number of thiazole rings is 1. The lowest BCUT2D eigenvalue weighted by atomic mass is 10.1. The Morgan fingerprint density at radius 2 is 1.90 bits per heavy atom. The van der Waals surface area contributed by atoms with Crippen LogP contribution in [0.3, 0.4) is 0 Å². The summed E-state index contributed by atoms with van der Waals surface area (Å²) in [4.78, 5) is 9.16. The standard InChI is InChI=1S/C15H16N4S/c16-11-13-1-3-14(4-2-13)12-18-6-8-19(9-7-18)15-17-5-10-20-15/h1-5,10H,6-9,12H2. The monoisotopic (exact) mass is 284 g/mol. The molecule has 1 saturated heterocycles. The molecule has 1 aliphatic heterocycles. The highest BCUT2D eigenvalue weighted by atomic mass is 32.1. The fourth-order valence-corrected chi connectivity index (χ4v) is 3.11. The van der Waals surface area contributed by atoms with E-state index in [9.17, 15) is 0 Å². The Kier molecular flexibility index (Phi) is 3.95. The number of anilines is 1. The van der Waals surface area contributed by atoms with E-state index in [0.717, 1.165) is 43.4 Å². The molecule has 102 valence electrons. The molecule has 1 aromatic carbocycles. The van der Waals surface area contributed by atoms with Crippen molar-refractivity contribution in [3.05, 3.63) is 47.0 Å². The van der Waals surface area contributed by atoms with E-state index in [-0.39, 0.29) is 0 Å². The first-order valence-corrected chi connectivity index (χ1v) is 7.59. The maximum atomic E-state index is 8.80. The molecule has 1 aliphatic rings. The van der Waals surface area contributed by atoms with Gasteiger partial charge in [-0.2, -0.15) is 5.26 Å². The van der Waals surface area contributed by atoms with Crippen molar-refractivity contribution in [2.24, 2.45) is 0 Å². The third kappa shape index (κ3) is 2.98. The second-order valence-electron chi connectivity index (χ2n) is 4.89. The molecule has 5 heteroatoms. The molecule has 4 nitrogen and oxygen atoms in total. The Morgan fingerprint density at radius 1 is 1.15 bits per heavy atom. The fraction of sp³-hybridized carbons (Fsp3) is 0.333. The zero-order valence-corrected chi connectivity index (χ0v) is 12.0. The van der Waals surface area contributed by atoms with E-state index in [1.807, 2.05) is 35.8 Å². The molecule has 0 amide bonds. The molecule has 0 radical (unpaired) electrons. The van der Waals surface area contributed by atoms with Crippen LogP contribution in [0.5, 0.6) is 0 Å². The average molecular weight is 284 g/mol. The summed E-state index contributed by atoms with van der Waals surface area (Å²) in [5, 5.41) is 12.0. The fourth-order valence-electron chi connectivity index (χ4n) is 2.41. The van der Waals surface area contributed by atoms with Crippen molar-refractivity contribution in [1.29, 1.82) is 5.26 Å². The molecule has 0 spiro atoms. The van der Waals surface area contributed by atoms with E-state index < -0.39 is 0 Å². The van der Waals surface area contributed by atoms with E-state index in [0.29, 0.717) is 0 Å². The Morgan fingerprint density at radius 3 is 2.50 bits per heavy atom. The van der Waals surface area contributed by atoms with Gasteiger partial charge in [0.25, 0.3) is 0 Å². The first kappa shape index (κ1) is 13.1. The summed E-state index contributed by atoms with van der Waals surface area (Å²) in [5.41, 5.74) is 1.99. The topological polar surface area (TPSA) is 43.2 Å². The first-order chi connectivity index (χ1) is 9.85. The molecule has 2 aromatic rings. The molecular weight excluding hydrogens is 268 g/mol. The molecule has 0 N–H and O–H groups in total. The summed E-state index contributed by atoms with van der Waals surface area (Å²) in [6.45, 7) is 5.13. The molecule has 0 saturated carbocycles. The molecule has 20 heavy (non-hydrogen) atoms. The lowest BCUT2D eigenvalue weighted by Gasteiger charge is -2.34. The molecule has 3 rings (SSSR count). The highest BCUT2D eigenvalue weighted by Gasteiger charge is 2.18. The molecule has 1 fully saturated rings. The third-order valence-corrected chi connectivity index (χ3v) is 4.38. The predicted octanol–water partition coefficient (Wildman–Crippen LogP) is 2.34. The summed E-state index contributed by atoms with van der Waals surface area (Å²) < 4.78 is 0. The van der Waals surface area contributed by atoms with Gasteiger partial charge >= 0.3 is 0 Å². The number of aromatic nitrogens is 1. The van der Waals surface area contributed by atoms with Crippen LogP contribution < -0.4 is 4.90 Å². The number of nitrogens with zero attached hydrogens (tertiary/aromatic N) is 4. The number of rotatable bonds is 3. The summed E-state index contributed by atoms with van der Waals surface area (Å²) in [6, 6.07) is 10.0. The Hall–Kier alpha value is -1.90. The second kappa shape index (κ2) is 6.04. The minimum Gasteiger partial charge on any atom is -0.346 e. The van der Waals surface area contributed by atoms with Gasteiger partial charge in [0.1, 0.15) is 0 Å². The molecule has 0 bridgehead atoms. The van der Waals surface area contributed by atoms with Crippen molar-refractivity contribution in [3.8, 4) is 6.07 Å². The number of nitriles is 1. The molecule has 0 atom stereocenters. The van der Waals surface area contributed by atoms with Gasteiger partial charge in [-0.25, -0.2) is 4.98 Å². The van der Waals surface area contributed by atoms with Crippen LogP contribution in [0.2, 0.25) is 0 Å². The summed E-state index contributed by atoms with van der Waals surface area (Å²) in [6.07, 6.45) is 1.86. The van der Waals surface area contributed by atoms with Gasteiger partial charge in [0.15, 0.2) is 5.13 Å². The van der Waals surface area contributed by atoms with Crippen LogP contribution >= 0.6 is 11.3 Å². The van der Waals surface area contributed by atoms with Gasteiger partial charge in [-0.1, -0.05) is 12.1 Å². The Balaban J connectivity index is 1.54. The molecule has 1 aromatic heterocycles. The van der Waals surface area contributed by atoms with Crippen LogP contribution in [0.25, 0.3) is 0 Å². The van der Waals surface area contributed by atoms with Crippen LogP contribution in [0, 0.1) is 11.3 Å². The van der Waals surface area contributed by atoms with Crippen LogP contribution in [0.15, 0.2) is 35.8 Å². The lowest BCUT2D eigenvalue weighted by molar-refractivity contribution is 0.250. The highest BCUT2D eigenvalue weighted by Crippen LogP contribution is 2.19. The summed E-state index contributed by atoms with van der Waals surface area (Å²) >= 11 is 1.70. The van der Waals surface area contributed by atoms with Crippen LogP contribution in [-0.4, -0.2) is 36.1 Å². The average Bonchev–Trinajstić information content (AvgIpc) is 3.03. The highest BCUT2D eigenvalue weighted by molar-refractivity contribution is 7.13. The third-order valence-electron chi connectivity index (χ3n) is 3.55. The van der Waals surface area contributed by atoms with Gasteiger partial charge < -0.3 is 4.90 Å². The molecule has 0 unspecified atom stereocenters. The van der Waals surface area contributed by atoms with Crippen LogP contribution in [0.1, 0.15) is 11.1 Å². The molecular formula is C15H16N4S. The maximum Gasteiger partial charge on any atom is 0.185 e. The van der Waals surface area contributed by atoms with E-state index >= 15 is 0 Å². The Labute approximate surface area is 122 Å². The van der Waals surface area contributed by atoms with Crippen molar-refractivity contribution in [2.45, 2.75) is 6.54 Å². The summed E-state index contributed by atoms with van der Waals surface area (Å²) in [7, 11) is 0. The zero-order valence-electron chi connectivity index (χ0n) is 11.2. The summed E-state index contributed by atoms with van der Waals surface area (Å²) in [5.74, 6) is 0. The molecule has 2 heterocycles. The van der Waals surface area contributed by atoms with Crippen molar-refractivity contribution in [1.82, 2.24) is 9.88 Å². The van der Waals surface area contributed by atoms with Gasteiger partial charge in [0.2, 0.25) is 0 Å². The first-order valence-electron chi connectivity index (χ1n) is 6.71. The van der Waals surface area contributed by atoms with Crippen LogP contribution in [0.4, 0.5) is 5.13 Å². The SMILES string of the molecule is N#Cc1ccc(CN2CCN(c3nccs3)CC2)cc1. The molecule has 0 aliphatic carbocycles. The van der Waals surface area contributed by atoms with Gasteiger partial charge in [-0.05, 0) is 17.7 Å². The predicted molar refractivity (Wildman–Crippen MR) is 80.8 cm³/mol. The lowest BCUT2D eigenvalue weighted by Crippen LogP contribution is -2.45.